The highest BCUT2D eigenvalue weighted by Crippen LogP contribution is 2.17. The zero-order chi connectivity index (χ0) is 15.4. The van der Waals surface area contributed by atoms with Crippen molar-refractivity contribution < 1.29 is 14.3 Å². The van der Waals surface area contributed by atoms with E-state index in [1.165, 1.54) is 0 Å². The molecule has 0 bridgehead atoms. The second-order valence-electron chi connectivity index (χ2n) is 4.59. The second-order valence-corrected chi connectivity index (χ2v) is 4.59. The smallest absolute Gasteiger partial charge is 0.293 e. The number of nitrogens with zero attached hydrogens (tertiary/aromatic N) is 1. The third-order valence-electron chi connectivity index (χ3n) is 2.91. The van der Waals surface area contributed by atoms with Crippen LogP contribution >= 0.6 is 0 Å². The highest BCUT2D eigenvalue weighted by atomic mass is 16.4. The molecule has 1 aromatic carbocycles. The van der Waals surface area contributed by atoms with Crippen molar-refractivity contribution in [1.29, 1.82) is 0 Å². The monoisotopic (exact) mass is 284 g/mol. The molecular formula is C16H16N2O3. The molecule has 0 spiro atoms. The van der Waals surface area contributed by atoms with Crippen LogP contribution in [-0.2, 0) is 0 Å². The van der Waals surface area contributed by atoms with Gasteiger partial charge in [-0.1, -0.05) is 17.9 Å². The summed E-state index contributed by atoms with van der Waals surface area (Å²) in [5.74, 6) is 5.75. The van der Waals surface area contributed by atoms with Crippen LogP contribution in [0, 0.1) is 32.6 Å². The van der Waals surface area contributed by atoms with Crippen molar-refractivity contribution in [1.82, 2.24) is 4.98 Å². The number of hydrogen-bond acceptors (Lipinski definition) is 4. The van der Waals surface area contributed by atoms with E-state index in [-0.39, 0.29) is 18.3 Å². The van der Waals surface area contributed by atoms with E-state index in [1.807, 2.05) is 13.0 Å². The summed E-state index contributed by atoms with van der Waals surface area (Å²) in [5.41, 5.74) is 2.90. The molecule has 1 amide bonds. The Kier molecular flexibility index (Phi) is 4.41. The van der Waals surface area contributed by atoms with Crippen LogP contribution in [-0.4, -0.2) is 22.6 Å². The molecular weight excluding hydrogens is 268 g/mol. The SMILES string of the molecule is Cc1nc(C)c(C(=O)Nc2ccc(C)c(C#CCO)c2)o1. The van der Waals surface area contributed by atoms with Crippen LogP contribution in [0.1, 0.15) is 33.3 Å². The molecule has 1 aromatic heterocycles. The van der Waals surface area contributed by atoms with Gasteiger partial charge in [-0.15, -0.1) is 0 Å². The van der Waals surface area contributed by atoms with E-state index in [4.69, 9.17) is 9.52 Å². The largest absolute Gasteiger partial charge is 0.436 e. The van der Waals surface area contributed by atoms with Gasteiger partial charge in [-0.2, -0.15) is 0 Å². The molecule has 0 saturated carbocycles. The van der Waals surface area contributed by atoms with E-state index >= 15 is 0 Å². The van der Waals surface area contributed by atoms with E-state index in [1.54, 1.807) is 26.0 Å². The van der Waals surface area contributed by atoms with Gasteiger partial charge in [-0.25, -0.2) is 4.98 Å². The lowest BCUT2D eigenvalue weighted by molar-refractivity contribution is 0.0994. The maximum absolute atomic E-state index is 12.1. The molecule has 0 atom stereocenters. The standard InChI is InChI=1S/C16H16N2O3/c1-10-6-7-14(9-13(10)5-4-8-19)18-16(20)15-11(2)17-12(3)21-15/h6-7,9,19H,8H2,1-3H3,(H,18,20). The molecule has 1 heterocycles. The predicted molar refractivity (Wildman–Crippen MR) is 79.1 cm³/mol. The van der Waals surface area contributed by atoms with Crippen molar-refractivity contribution in [3.05, 3.63) is 46.7 Å². The summed E-state index contributed by atoms with van der Waals surface area (Å²) in [6, 6.07) is 5.40. The van der Waals surface area contributed by atoms with E-state index in [2.05, 4.69) is 22.1 Å². The lowest BCUT2D eigenvalue weighted by atomic mass is 10.1. The zero-order valence-electron chi connectivity index (χ0n) is 12.2. The van der Waals surface area contributed by atoms with Crippen LogP contribution in [0.3, 0.4) is 0 Å². The number of nitrogens with one attached hydrogen (secondary N) is 1. The zero-order valence-corrected chi connectivity index (χ0v) is 12.2. The number of carbonyl (C=O) groups excluding carboxylic acids is 1. The van der Waals surface area contributed by atoms with E-state index in [0.717, 1.165) is 11.1 Å². The average molecular weight is 284 g/mol. The summed E-state index contributed by atoms with van der Waals surface area (Å²) in [5, 5.41) is 11.5. The second kappa shape index (κ2) is 6.25. The van der Waals surface area contributed by atoms with Gasteiger partial charge in [-0.05, 0) is 31.5 Å². The number of aryl methyl sites for hydroxylation is 3. The Morgan fingerprint density at radius 2 is 2.14 bits per heavy atom. The minimum Gasteiger partial charge on any atom is -0.436 e. The molecule has 0 fully saturated rings. The fourth-order valence-corrected chi connectivity index (χ4v) is 1.90. The van der Waals surface area contributed by atoms with Gasteiger partial charge in [-0.3, -0.25) is 4.79 Å². The summed E-state index contributed by atoms with van der Waals surface area (Å²) >= 11 is 0. The van der Waals surface area contributed by atoms with Crippen LogP contribution in [0.2, 0.25) is 0 Å². The van der Waals surface area contributed by atoms with Gasteiger partial charge in [0.15, 0.2) is 5.89 Å². The number of oxazole rings is 1. The van der Waals surface area contributed by atoms with E-state index in [0.29, 0.717) is 17.3 Å². The summed E-state index contributed by atoms with van der Waals surface area (Å²) < 4.78 is 5.28. The summed E-state index contributed by atoms with van der Waals surface area (Å²) in [7, 11) is 0. The predicted octanol–water partition coefficient (Wildman–Crippen LogP) is 2.20. The molecule has 0 unspecified atom stereocenters. The summed E-state index contributed by atoms with van der Waals surface area (Å²) in [4.78, 5) is 16.2. The van der Waals surface area contributed by atoms with Crippen LogP contribution < -0.4 is 5.32 Å². The first-order chi connectivity index (χ1) is 10.0. The quantitative estimate of drug-likeness (QED) is 0.829. The molecule has 0 aliphatic rings. The molecule has 21 heavy (non-hydrogen) atoms. The van der Waals surface area contributed by atoms with Crippen LogP contribution in [0.15, 0.2) is 22.6 Å². The first kappa shape index (κ1) is 14.8. The fraction of sp³-hybridized carbons (Fsp3) is 0.250. The molecule has 0 radical (unpaired) electrons. The molecule has 0 saturated heterocycles. The summed E-state index contributed by atoms with van der Waals surface area (Å²) in [6.45, 7) is 5.13. The Morgan fingerprint density at radius 1 is 1.38 bits per heavy atom. The van der Waals surface area contributed by atoms with Crippen molar-refractivity contribution in [3.63, 3.8) is 0 Å². The molecule has 2 aromatic rings. The minimum atomic E-state index is -0.349. The van der Waals surface area contributed by atoms with Crippen molar-refractivity contribution in [2.45, 2.75) is 20.8 Å². The third-order valence-corrected chi connectivity index (χ3v) is 2.91. The number of carbonyl (C=O) groups is 1. The number of aliphatic hydroxyl groups is 1. The number of rotatable bonds is 2. The van der Waals surface area contributed by atoms with E-state index < -0.39 is 0 Å². The van der Waals surface area contributed by atoms with Gasteiger partial charge in [0.2, 0.25) is 5.76 Å². The minimum absolute atomic E-state index is 0.202. The molecule has 2 N–H and O–H groups in total. The Bertz CT molecular complexity index is 736. The van der Waals surface area contributed by atoms with Crippen molar-refractivity contribution in [2.75, 3.05) is 11.9 Å². The Hall–Kier alpha value is -2.58. The van der Waals surface area contributed by atoms with Crippen molar-refractivity contribution in [3.8, 4) is 11.8 Å². The highest BCUT2D eigenvalue weighted by molar-refractivity contribution is 6.03. The van der Waals surface area contributed by atoms with Gasteiger partial charge < -0.3 is 14.8 Å². The number of anilines is 1. The molecule has 0 aliphatic carbocycles. The summed E-state index contributed by atoms with van der Waals surface area (Å²) in [6.07, 6.45) is 0. The Labute approximate surface area is 123 Å². The Balaban J connectivity index is 2.23. The topological polar surface area (TPSA) is 75.4 Å². The lowest BCUT2D eigenvalue weighted by Crippen LogP contribution is -2.12. The molecule has 0 aliphatic heterocycles. The lowest BCUT2D eigenvalue weighted by Gasteiger charge is -2.06. The average Bonchev–Trinajstić information content (AvgIpc) is 2.78. The molecule has 108 valence electrons. The van der Waals surface area contributed by atoms with E-state index in [9.17, 15) is 4.79 Å². The third kappa shape index (κ3) is 3.50. The Morgan fingerprint density at radius 3 is 2.76 bits per heavy atom. The first-order valence-electron chi connectivity index (χ1n) is 6.47. The van der Waals surface area contributed by atoms with Gasteiger partial charge in [0, 0.05) is 18.2 Å². The number of aliphatic hydroxyl groups excluding tert-OH is 1. The van der Waals surface area contributed by atoms with Crippen molar-refractivity contribution in [2.24, 2.45) is 0 Å². The van der Waals surface area contributed by atoms with Gasteiger partial charge in [0.1, 0.15) is 6.61 Å². The van der Waals surface area contributed by atoms with Crippen LogP contribution in [0.25, 0.3) is 0 Å². The maximum Gasteiger partial charge on any atom is 0.293 e. The van der Waals surface area contributed by atoms with Crippen molar-refractivity contribution >= 4 is 11.6 Å². The van der Waals surface area contributed by atoms with Gasteiger partial charge in [0.05, 0.1) is 5.69 Å². The number of hydrogen-bond donors (Lipinski definition) is 2. The number of amides is 1. The van der Waals surface area contributed by atoms with Crippen LogP contribution in [0.5, 0.6) is 0 Å². The molecule has 2 rings (SSSR count). The molecule has 5 heteroatoms. The molecule has 5 nitrogen and oxygen atoms in total. The number of aromatic nitrogens is 1. The first-order valence-corrected chi connectivity index (χ1v) is 6.47. The fourth-order valence-electron chi connectivity index (χ4n) is 1.90. The maximum atomic E-state index is 12.1. The highest BCUT2D eigenvalue weighted by Gasteiger charge is 2.16. The van der Waals surface area contributed by atoms with Crippen LogP contribution in [0.4, 0.5) is 5.69 Å². The number of benzene rings is 1. The van der Waals surface area contributed by atoms with Gasteiger partial charge >= 0.3 is 0 Å². The normalized spacial score (nSPS) is 9.90. The van der Waals surface area contributed by atoms with Gasteiger partial charge in [0.25, 0.3) is 5.91 Å².